The lowest BCUT2D eigenvalue weighted by molar-refractivity contribution is 0.651. The molecule has 4 heteroatoms. The van der Waals surface area contributed by atoms with Gasteiger partial charge in [-0.25, -0.2) is 0 Å². The van der Waals surface area contributed by atoms with Gasteiger partial charge in [-0.05, 0) is 164 Å². The zero-order valence-electron chi connectivity index (χ0n) is 45.9. The molecule has 0 unspecified atom stereocenters. The Balaban J connectivity index is 0.896. The Morgan fingerprint density at radius 3 is 1.70 bits per heavy atom. The minimum atomic E-state index is -0.355. The highest BCUT2D eigenvalue weighted by atomic mass is 16.3. The lowest BCUT2D eigenvalue weighted by atomic mass is 9.79. The van der Waals surface area contributed by atoms with Crippen LogP contribution in [0.15, 0.2) is 221 Å². The van der Waals surface area contributed by atoms with E-state index in [4.69, 9.17) is 8.83 Å². The fourth-order valence-electron chi connectivity index (χ4n) is 15.0. The quantitative estimate of drug-likeness (QED) is 0.172. The van der Waals surface area contributed by atoms with Crippen molar-refractivity contribution >= 4 is 82.7 Å². The molecule has 0 aliphatic heterocycles. The van der Waals surface area contributed by atoms with Gasteiger partial charge in [0.1, 0.15) is 22.3 Å². The van der Waals surface area contributed by atoms with E-state index in [-0.39, 0.29) is 16.2 Å². The van der Waals surface area contributed by atoms with Crippen molar-refractivity contribution in [2.45, 2.75) is 64.7 Å². The smallest absolute Gasteiger partial charge is 0.143 e. The van der Waals surface area contributed by atoms with Gasteiger partial charge in [-0.2, -0.15) is 0 Å². The average Bonchev–Trinajstić information content (AvgIpc) is 4.12. The van der Waals surface area contributed by atoms with Gasteiger partial charge in [0.15, 0.2) is 0 Å². The monoisotopic (exact) mass is 1030 g/mol. The molecular formula is C76H56N2O2. The first kappa shape index (κ1) is 45.6. The van der Waals surface area contributed by atoms with Crippen molar-refractivity contribution in [1.82, 2.24) is 4.57 Å². The van der Waals surface area contributed by atoms with E-state index in [1.165, 1.54) is 105 Å². The van der Waals surface area contributed by atoms with Crippen LogP contribution in [0.5, 0.6) is 0 Å². The van der Waals surface area contributed by atoms with Crippen LogP contribution in [-0.2, 0) is 16.2 Å². The highest BCUT2D eigenvalue weighted by Gasteiger charge is 2.44. The molecule has 0 atom stereocenters. The largest absolute Gasteiger partial charge is 0.456 e. The van der Waals surface area contributed by atoms with E-state index in [0.717, 1.165) is 67.1 Å². The molecule has 0 saturated heterocycles. The van der Waals surface area contributed by atoms with Gasteiger partial charge in [-0.15, -0.1) is 0 Å². The van der Waals surface area contributed by atoms with E-state index < -0.39 is 0 Å². The summed E-state index contributed by atoms with van der Waals surface area (Å²) in [6.45, 7) is 16.6. The molecule has 4 nitrogen and oxygen atoms in total. The number of fused-ring (bicyclic) bond motifs is 20. The van der Waals surface area contributed by atoms with Crippen molar-refractivity contribution in [2.24, 2.45) is 0 Å². The maximum Gasteiger partial charge on any atom is 0.143 e. The number of nitrogens with zero attached hydrogens (tertiary/aromatic N) is 2. The summed E-state index contributed by atoms with van der Waals surface area (Å²) >= 11 is 0. The number of anilines is 3. The summed E-state index contributed by atoms with van der Waals surface area (Å²) in [5, 5.41) is 7.15. The summed E-state index contributed by atoms with van der Waals surface area (Å²) < 4.78 is 15.9. The Morgan fingerprint density at radius 2 is 0.938 bits per heavy atom. The van der Waals surface area contributed by atoms with Crippen LogP contribution in [0.1, 0.15) is 80.5 Å². The Bertz CT molecular complexity index is 5040. The summed E-state index contributed by atoms with van der Waals surface area (Å²) in [6, 6.07) is 79.2. The van der Waals surface area contributed by atoms with Crippen molar-refractivity contribution < 1.29 is 8.83 Å². The normalized spacial score (nSPS) is 15.0. The van der Waals surface area contributed by atoms with Gasteiger partial charge in [0.05, 0.1) is 16.7 Å². The molecule has 0 spiro atoms. The zero-order valence-corrected chi connectivity index (χ0v) is 45.9. The van der Waals surface area contributed by atoms with Crippen molar-refractivity contribution in [3.63, 3.8) is 0 Å². The minimum Gasteiger partial charge on any atom is -0.456 e. The molecule has 0 saturated carbocycles. The van der Waals surface area contributed by atoms with Gasteiger partial charge in [-0.1, -0.05) is 174 Å². The van der Waals surface area contributed by atoms with Crippen LogP contribution >= 0.6 is 0 Å². The first-order valence-electron chi connectivity index (χ1n) is 28.2. The number of furan rings is 2. The Morgan fingerprint density at radius 1 is 0.375 bits per heavy atom. The Kier molecular flexibility index (Phi) is 8.94. The minimum absolute atomic E-state index is 0.203. The predicted molar refractivity (Wildman–Crippen MR) is 333 cm³/mol. The number of aromatic nitrogens is 1. The van der Waals surface area contributed by atoms with Gasteiger partial charge in [0.2, 0.25) is 0 Å². The van der Waals surface area contributed by atoms with E-state index in [9.17, 15) is 0 Å². The molecule has 0 bridgehead atoms. The summed E-state index contributed by atoms with van der Waals surface area (Å²) in [5.74, 6) is 0. The molecule has 0 N–H and O–H groups in total. The molecule has 3 aromatic heterocycles. The van der Waals surface area contributed by atoms with Gasteiger partial charge in [0, 0.05) is 71.2 Å². The fraction of sp³-hybridized carbons (Fsp3) is 0.132. The van der Waals surface area contributed by atoms with Crippen LogP contribution in [0, 0.1) is 6.92 Å². The number of hydrogen-bond donors (Lipinski definition) is 0. The number of benzene rings is 11. The second-order valence-corrected chi connectivity index (χ2v) is 24.4. The summed E-state index contributed by atoms with van der Waals surface area (Å²) in [5.41, 5.74) is 28.9. The molecule has 0 fully saturated rings. The molecule has 3 aliphatic rings. The lowest BCUT2D eigenvalue weighted by Gasteiger charge is -2.30. The SMILES string of the molecule is Cc1ccc(-c2cc3c(c4c2oc2ccccc24)-c2ccc(N(c4ccc5c(c4)C(C)(C)c4cc6c(cc4-5)C(C)(C)c4ccc5oc7ccccc7c5c4-6)c4cccc5c6ccccc6n(-c6ccccc6)c45)cc2C3(C)C)cc1. The third-order valence-corrected chi connectivity index (χ3v) is 19.0. The first-order valence-corrected chi connectivity index (χ1v) is 28.2. The van der Waals surface area contributed by atoms with Crippen LogP contribution in [-0.4, -0.2) is 4.57 Å². The van der Waals surface area contributed by atoms with E-state index in [1.807, 2.05) is 0 Å². The maximum atomic E-state index is 6.91. The van der Waals surface area contributed by atoms with Gasteiger partial charge >= 0.3 is 0 Å². The van der Waals surface area contributed by atoms with Crippen molar-refractivity contribution in [1.29, 1.82) is 0 Å². The van der Waals surface area contributed by atoms with E-state index in [0.29, 0.717) is 0 Å². The molecule has 3 aliphatic carbocycles. The Labute approximate surface area is 464 Å². The third-order valence-electron chi connectivity index (χ3n) is 19.0. The summed E-state index contributed by atoms with van der Waals surface area (Å²) in [7, 11) is 0. The number of aryl methyl sites for hydroxylation is 1. The number of para-hydroxylation sites is 5. The van der Waals surface area contributed by atoms with Crippen molar-refractivity contribution in [2.75, 3.05) is 4.90 Å². The van der Waals surface area contributed by atoms with Crippen molar-refractivity contribution in [3.8, 4) is 50.2 Å². The van der Waals surface area contributed by atoms with Gasteiger partial charge in [0.25, 0.3) is 0 Å². The highest BCUT2D eigenvalue weighted by molar-refractivity contribution is 6.20. The third kappa shape index (κ3) is 5.90. The predicted octanol–water partition coefficient (Wildman–Crippen LogP) is 20.9. The van der Waals surface area contributed by atoms with Crippen LogP contribution in [0.4, 0.5) is 17.1 Å². The highest BCUT2D eigenvalue weighted by Crippen LogP contribution is 2.60. The van der Waals surface area contributed by atoms with E-state index in [1.54, 1.807) is 0 Å². The number of hydrogen-bond acceptors (Lipinski definition) is 3. The van der Waals surface area contributed by atoms with Gasteiger partial charge in [-0.3, -0.25) is 0 Å². The second-order valence-electron chi connectivity index (χ2n) is 24.4. The van der Waals surface area contributed by atoms with Crippen LogP contribution in [0.3, 0.4) is 0 Å². The topological polar surface area (TPSA) is 34.5 Å². The molecule has 3 heterocycles. The van der Waals surface area contributed by atoms with Gasteiger partial charge < -0.3 is 18.3 Å². The lowest BCUT2D eigenvalue weighted by Crippen LogP contribution is -2.18. The standard InChI is InChI=1S/C76H56N2O2/c1-43-28-30-44(31-29-43)54-40-62-68(71-53-22-13-16-27-66(53)80-73(54)71)51-35-33-47(39-59(51)76(62,6)7)77(64-25-17-23-50-49-20-11-14-24-63(49)78(72(50)64)45-18-9-8-10-19-45)46-32-34-48-55-41-61-56(42-60(55)75(4,5)58(48)38-46)69-57(74(61,2)3)36-37-67-70(69)52-21-12-15-26-65(52)79-67/h8-42H,1-7H3. The van der Waals surface area contributed by atoms with Crippen LogP contribution in [0.25, 0.3) is 116 Å². The van der Waals surface area contributed by atoms with E-state index in [2.05, 4.69) is 270 Å². The molecule has 0 radical (unpaired) electrons. The summed E-state index contributed by atoms with van der Waals surface area (Å²) in [4.78, 5) is 2.56. The van der Waals surface area contributed by atoms with Crippen LogP contribution in [0.2, 0.25) is 0 Å². The molecule has 382 valence electrons. The molecule has 0 amide bonds. The molecule has 17 rings (SSSR count). The van der Waals surface area contributed by atoms with E-state index >= 15 is 0 Å². The molecule has 14 aromatic rings. The fourth-order valence-corrected chi connectivity index (χ4v) is 15.0. The first-order chi connectivity index (χ1) is 38.9. The van der Waals surface area contributed by atoms with Crippen LogP contribution < -0.4 is 4.90 Å². The Hall–Kier alpha value is -9.38. The molecular weight excluding hydrogens is 973 g/mol. The van der Waals surface area contributed by atoms with Crippen molar-refractivity contribution in [3.05, 3.63) is 251 Å². The molecule has 11 aromatic carbocycles. The second kappa shape index (κ2) is 15.7. The average molecular weight is 1030 g/mol. The maximum absolute atomic E-state index is 6.91. The zero-order chi connectivity index (χ0) is 53.7. The molecule has 80 heavy (non-hydrogen) atoms. The summed E-state index contributed by atoms with van der Waals surface area (Å²) in [6.07, 6.45) is 0. The number of rotatable bonds is 5.